The SMILES string of the molecule is O=S(=O)(Nc1cc(C2CCCCCC2)[nH]n1)c1ccc2c(c1)COC2. The molecule has 1 saturated carbocycles. The molecule has 134 valence electrons. The van der Waals surface area contributed by atoms with Crippen molar-refractivity contribution in [2.45, 2.75) is 62.6 Å². The average Bonchev–Trinajstić information content (AvgIpc) is 3.16. The number of nitrogens with one attached hydrogen (secondary N) is 2. The minimum Gasteiger partial charge on any atom is -0.372 e. The van der Waals surface area contributed by atoms with Gasteiger partial charge in [0.15, 0.2) is 5.82 Å². The fourth-order valence-electron chi connectivity index (χ4n) is 3.70. The van der Waals surface area contributed by atoms with Crippen LogP contribution in [0.3, 0.4) is 0 Å². The minimum absolute atomic E-state index is 0.246. The predicted octanol–water partition coefficient (Wildman–Crippen LogP) is 3.68. The molecule has 0 bridgehead atoms. The second-order valence-corrected chi connectivity index (χ2v) is 8.61. The fourth-order valence-corrected chi connectivity index (χ4v) is 4.74. The standard InChI is InChI=1S/C18H23N3O3S/c22-25(23,16-8-7-14-11-24-12-15(14)9-16)21-18-10-17(19-20-18)13-5-3-1-2-4-6-13/h7-10,13H,1-6,11-12H2,(H2,19,20,21). The number of sulfonamides is 1. The Morgan fingerprint density at radius 1 is 1.04 bits per heavy atom. The molecular weight excluding hydrogens is 338 g/mol. The van der Waals surface area contributed by atoms with Crippen molar-refractivity contribution in [3.8, 4) is 0 Å². The summed E-state index contributed by atoms with van der Waals surface area (Å²) in [4.78, 5) is 0.246. The second-order valence-electron chi connectivity index (χ2n) is 6.93. The van der Waals surface area contributed by atoms with Gasteiger partial charge in [-0.2, -0.15) is 5.10 Å². The third kappa shape index (κ3) is 3.57. The highest BCUT2D eigenvalue weighted by Gasteiger charge is 2.21. The Bertz CT molecular complexity index is 852. The van der Waals surface area contributed by atoms with Gasteiger partial charge in [-0.25, -0.2) is 8.42 Å². The van der Waals surface area contributed by atoms with Crippen molar-refractivity contribution in [1.82, 2.24) is 10.2 Å². The third-order valence-electron chi connectivity index (χ3n) is 5.13. The normalized spacial score (nSPS) is 18.7. The van der Waals surface area contributed by atoms with Gasteiger partial charge < -0.3 is 4.74 Å². The van der Waals surface area contributed by atoms with Crippen LogP contribution in [0.15, 0.2) is 29.2 Å². The van der Waals surface area contributed by atoms with Gasteiger partial charge in [0, 0.05) is 17.7 Å². The number of benzene rings is 1. The molecule has 0 amide bonds. The lowest BCUT2D eigenvalue weighted by atomic mass is 9.97. The Labute approximate surface area is 148 Å². The third-order valence-corrected chi connectivity index (χ3v) is 6.49. The summed E-state index contributed by atoms with van der Waals surface area (Å²) in [7, 11) is -3.65. The van der Waals surface area contributed by atoms with Crippen LogP contribution in [0.25, 0.3) is 0 Å². The van der Waals surface area contributed by atoms with Crippen molar-refractivity contribution in [1.29, 1.82) is 0 Å². The Morgan fingerprint density at radius 2 is 1.80 bits per heavy atom. The zero-order chi connectivity index (χ0) is 17.3. The summed E-state index contributed by atoms with van der Waals surface area (Å²) >= 11 is 0. The molecular formula is C18H23N3O3S. The molecule has 1 aliphatic heterocycles. The molecule has 4 rings (SSSR count). The average molecular weight is 361 g/mol. The number of ether oxygens (including phenoxy) is 1. The van der Waals surface area contributed by atoms with Crippen molar-refractivity contribution in [2.75, 3.05) is 4.72 Å². The molecule has 2 heterocycles. The maximum absolute atomic E-state index is 12.6. The van der Waals surface area contributed by atoms with Gasteiger partial charge in [-0.05, 0) is 36.1 Å². The van der Waals surface area contributed by atoms with E-state index >= 15 is 0 Å². The van der Waals surface area contributed by atoms with Crippen LogP contribution in [0.1, 0.15) is 61.3 Å². The van der Waals surface area contributed by atoms with Gasteiger partial charge in [0.1, 0.15) is 0 Å². The smallest absolute Gasteiger partial charge is 0.263 e. The Hall–Kier alpha value is -1.86. The summed E-state index contributed by atoms with van der Waals surface area (Å²) < 4.78 is 33.2. The van der Waals surface area contributed by atoms with Crippen molar-refractivity contribution in [3.63, 3.8) is 0 Å². The zero-order valence-electron chi connectivity index (χ0n) is 14.1. The molecule has 25 heavy (non-hydrogen) atoms. The van der Waals surface area contributed by atoms with E-state index in [0.717, 1.165) is 29.7 Å². The van der Waals surface area contributed by atoms with Gasteiger partial charge in [0.2, 0.25) is 0 Å². The molecule has 2 aliphatic rings. The van der Waals surface area contributed by atoms with E-state index in [1.54, 1.807) is 12.1 Å². The summed E-state index contributed by atoms with van der Waals surface area (Å²) in [5.74, 6) is 0.807. The van der Waals surface area contributed by atoms with E-state index in [9.17, 15) is 8.42 Å². The summed E-state index contributed by atoms with van der Waals surface area (Å²) in [6.45, 7) is 1.01. The maximum atomic E-state index is 12.6. The second kappa shape index (κ2) is 6.80. The highest BCUT2D eigenvalue weighted by Crippen LogP contribution is 2.32. The van der Waals surface area contributed by atoms with E-state index in [0.29, 0.717) is 24.9 Å². The Balaban J connectivity index is 1.51. The van der Waals surface area contributed by atoms with Gasteiger partial charge in [-0.1, -0.05) is 31.7 Å². The number of H-pyrrole nitrogens is 1. The van der Waals surface area contributed by atoms with Gasteiger partial charge >= 0.3 is 0 Å². The molecule has 0 saturated heterocycles. The molecule has 0 spiro atoms. The van der Waals surface area contributed by atoms with Crippen LogP contribution in [-0.2, 0) is 28.0 Å². The van der Waals surface area contributed by atoms with E-state index in [1.165, 1.54) is 25.7 Å². The number of aromatic nitrogens is 2. The molecule has 0 atom stereocenters. The minimum atomic E-state index is -3.65. The van der Waals surface area contributed by atoms with Crippen molar-refractivity contribution < 1.29 is 13.2 Å². The first-order valence-corrected chi connectivity index (χ1v) is 10.4. The predicted molar refractivity (Wildman–Crippen MR) is 94.8 cm³/mol. The first-order valence-electron chi connectivity index (χ1n) is 8.89. The molecule has 1 aromatic heterocycles. The fraction of sp³-hybridized carbons (Fsp3) is 0.500. The number of nitrogens with zero attached hydrogens (tertiary/aromatic N) is 1. The van der Waals surface area contributed by atoms with Gasteiger partial charge in [-0.15, -0.1) is 0 Å². The van der Waals surface area contributed by atoms with Crippen LogP contribution in [-0.4, -0.2) is 18.6 Å². The quantitative estimate of drug-likeness (QED) is 0.814. The number of fused-ring (bicyclic) bond motifs is 1. The van der Waals surface area contributed by atoms with Crippen molar-refractivity contribution in [2.24, 2.45) is 0 Å². The molecule has 7 heteroatoms. The van der Waals surface area contributed by atoms with E-state index < -0.39 is 10.0 Å². The molecule has 1 fully saturated rings. The topological polar surface area (TPSA) is 84.1 Å². The van der Waals surface area contributed by atoms with E-state index in [2.05, 4.69) is 14.9 Å². The summed E-state index contributed by atoms with van der Waals surface area (Å²) in [6.07, 6.45) is 7.29. The monoisotopic (exact) mass is 361 g/mol. The van der Waals surface area contributed by atoms with E-state index in [1.807, 2.05) is 12.1 Å². The number of anilines is 1. The summed E-state index contributed by atoms with van der Waals surface area (Å²) in [5, 5.41) is 7.19. The molecule has 1 aromatic carbocycles. The number of hydrogen-bond donors (Lipinski definition) is 2. The number of aromatic amines is 1. The van der Waals surface area contributed by atoms with Crippen LogP contribution in [0.5, 0.6) is 0 Å². The van der Waals surface area contributed by atoms with Gasteiger partial charge in [-0.3, -0.25) is 9.82 Å². The van der Waals surface area contributed by atoms with Crippen LogP contribution in [0.2, 0.25) is 0 Å². The van der Waals surface area contributed by atoms with Gasteiger partial charge in [0.25, 0.3) is 10.0 Å². The number of rotatable bonds is 4. The lowest BCUT2D eigenvalue weighted by molar-refractivity contribution is 0.134. The number of hydrogen-bond acceptors (Lipinski definition) is 4. The molecule has 0 unspecified atom stereocenters. The van der Waals surface area contributed by atoms with Crippen LogP contribution in [0, 0.1) is 0 Å². The maximum Gasteiger partial charge on any atom is 0.263 e. The van der Waals surface area contributed by atoms with Crippen molar-refractivity contribution in [3.05, 3.63) is 41.1 Å². The lowest BCUT2D eigenvalue weighted by Crippen LogP contribution is -2.13. The molecule has 1 aliphatic carbocycles. The summed E-state index contributed by atoms with van der Waals surface area (Å²) in [6, 6.07) is 6.96. The van der Waals surface area contributed by atoms with E-state index in [-0.39, 0.29) is 4.90 Å². The first-order chi connectivity index (χ1) is 12.1. The Kier molecular flexibility index (Phi) is 4.52. The van der Waals surface area contributed by atoms with Crippen molar-refractivity contribution >= 4 is 15.8 Å². The van der Waals surface area contributed by atoms with Gasteiger partial charge in [0.05, 0.1) is 18.1 Å². The zero-order valence-corrected chi connectivity index (χ0v) is 14.9. The van der Waals surface area contributed by atoms with Crippen LogP contribution >= 0.6 is 0 Å². The summed E-state index contributed by atoms with van der Waals surface area (Å²) in [5.41, 5.74) is 3.01. The van der Waals surface area contributed by atoms with Crippen LogP contribution < -0.4 is 4.72 Å². The largest absolute Gasteiger partial charge is 0.372 e. The van der Waals surface area contributed by atoms with E-state index in [4.69, 9.17) is 4.74 Å². The lowest BCUT2D eigenvalue weighted by Gasteiger charge is -2.10. The molecule has 2 N–H and O–H groups in total. The molecule has 2 aromatic rings. The Morgan fingerprint density at radius 3 is 2.60 bits per heavy atom. The molecule has 6 nitrogen and oxygen atoms in total. The highest BCUT2D eigenvalue weighted by atomic mass is 32.2. The highest BCUT2D eigenvalue weighted by molar-refractivity contribution is 7.92. The van der Waals surface area contributed by atoms with Crippen LogP contribution in [0.4, 0.5) is 5.82 Å². The first kappa shape index (κ1) is 16.6. The molecule has 0 radical (unpaired) electrons.